The smallest absolute Gasteiger partial charge is 0.251 e. The fourth-order valence-corrected chi connectivity index (χ4v) is 2.12. The number of methoxy groups -OCH3 is 1. The fourth-order valence-electron chi connectivity index (χ4n) is 2.12. The van der Waals surface area contributed by atoms with Gasteiger partial charge in [-0.15, -0.1) is 0 Å². The third kappa shape index (κ3) is 3.92. The molecule has 1 aromatic heterocycles. The third-order valence-electron chi connectivity index (χ3n) is 3.38. The summed E-state index contributed by atoms with van der Waals surface area (Å²) in [5, 5.41) is 7.11. The molecule has 0 radical (unpaired) electrons. The first kappa shape index (κ1) is 15.3. The Morgan fingerprint density at radius 3 is 2.57 bits per heavy atom. The van der Waals surface area contributed by atoms with E-state index < -0.39 is 0 Å². The first-order valence-corrected chi connectivity index (χ1v) is 7.03. The predicted molar refractivity (Wildman–Crippen MR) is 82.1 cm³/mol. The van der Waals surface area contributed by atoms with E-state index in [1.165, 1.54) is 0 Å². The van der Waals surface area contributed by atoms with Crippen LogP contribution >= 0.6 is 0 Å². The number of hydrogen-bond acceptors (Lipinski definition) is 3. The van der Waals surface area contributed by atoms with Crippen molar-refractivity contribution in [3.05, 3.63) is 42.2 Å². The van der Waals surface area contributed by atoms with Crippen LogP contribution in [0.5, 0.6) is 0 Å². The zero-order valence-corrected chi connectivity index (χ0v) is 12.7. The second kappa shape index (κ2) is 7.04. The van der Waals surface area contributed by atoms with Gasteiger partial charge >= 0.3 is 0 Å². The lowest BCUT2D eigenvalue weighted by molar-refractivity contribution is 0.0894. The van der Waals surface area contributed by atoms with Crippen molar-refractivity contribution in [1.82, 2.24) is 15.1 Å². The molecule has 5 heteroatoms. The number of carbonyl (C=O) groups is 1. The second-order valence-corrected chi connectivity index (χ2v) is 5.01. The minimum absolute atomic E-state index is 0.0421. The van der Waals surface area contributed by atoms with E-state index in [-0.39, 0.29) is 11.9 Å². The number of carbonyl (C=O) groups excluding carboxylic acids is 1. The van der Waals surface area contributed by atoms with E-state index in [9.17, 15) is 4.79 Å². The van der Waals surface area contributed by atoms with Crippen molar-refractivity contribution in [3.8, 4) is 11.1 Å². The third-order valence-corrected chi connectivity index (χ3v) is 3.38. The van der Waals surface area contributed by atoms with Crippen molar-refractivity contribution >= 4 is 5.91 Å². The Labute approximate surface area is 124 Å². The molecule has 1 atom stereocenters. The molecule has 0 fully saturated rings. The Morgan fingerprint density at radius 1 is 1.33 bits per heavy atom. The number of ether oxygens (including phenoxy) is 1. The number of rotatable bonds is 6. The van der Waals surface area contributed by atoms with E-state index in [0.29, 0.717) is 12.2 Å². The average molecular weight is 287 g/mol. The van der Waals surface area contributed by atoms with Gasteiger partial charge in [0.05, 0.1) is 18.8 Å². The molecule has 2 rings (SSSR count). The van der Waals surface area contributed by atoms with Gasteiger partial charge in [0.2, 0.25) is 0 Å². The maximum atomic E-state index is 12.2. The van der Waals surface area contributed by atoms with Crippen LogP contribution in [0.1, 0.15) is 23.7 Å². The van der Waals surface area contributed by atoms with Gasteiger partial charge in [-0.3, -0.25) is 9.48 Å². The topological polar surface area (TPSA) is 56.1 Å². The van der Waals surface area contributed by atoms with Crippen LogP contribution in [0.25, 0.3) is 11.1 Å². The highest BCUT2D eigenvalue weighted by molar-refractivity contribution is 5.94. The number of nitrogens with one attached hydrogen (secondary N) is 1. The first-order chi connectivity index (χ1) is 10.1. The number of amides is 1. The molecule has 0 aliphatic heterocycles. The van der Waals surface area contributed by atoms with E-state index in [0.717, 1.165) is 17.5 Å². The van der Waals surface area contributed by atoms with Gasteiger partial charge in [0.15, 0.2) is 0 Å². The molecule has 112 valence electrons. The van der Waals surface area contributed by atoms with Crippen LogP contribution in [-0.4, -0.2) is 35.4 Å². The minimum atomic E-state index is -0.0726. The highest BCUT2D eigenvalue weighted by Crippen LogP contribution is 2.18. The molecule has 5 nitrogen and oxygen atoms in total. The number of hydrogen-bond donors (Lipinski definition) is 1. The summed E-state index contributed by atoms with van der Waals surface area (Å²) >= 11 is 0. The molecule has 2 aromatic rings. The molecule has 1 aromatic carbocycles. The van der Waals surface area contributed by atoms with Crippen LogP contribution in [0.3, 0.4) is 0 Å². The Kier molecular flexibility index (Phi) is 5.11. The molecular weight excluding hydrogens is 266 g/mol. The van der Waals surface area contributed by atoms with Crippen molar-refractivity contribution in [2.24, 2.45) is 7.05 Å². The van der Waals surface area contributed by atoms with E-state index in [1.807, 2.05) is 44.4 Å². The molecule has 0 bridgehead atoms. The molecule has 0 saturated carbocycles. The lowest BCUT2D eigenvalue weighted by atomic mass is 10.1. The van der Waals surface area contributed by atoms with Crippen LogP contribution in [0.4, 0.5) is 0 Å². The zero-order valence-electron chi connectivity index (χ0n) is 12.7. The van der Waals surface area contributed by atoms with Gasteiger partial charge in [0, 0.05) is 31.5 Å². The summed E-state index contributed by atoms with van der Waals surface area (Å²) in [4.78, 5) is 12.2. The first-order valence-electron chi connectivity index (χ1n) is 7.03. The number of aryl methyl sites for hydroxylation is 1. The molecule has 0 spiro atoms. The summed E-state index contributed by atoms with van der Waals surface area (Å²) in [7, 11) is 3.52. The van der Waals surface area contributed by atoms with Crippen LogP contribution in [0.2, 0.25) is 0 Å². The molecule has 1 unspecified atom stereocenters. The molecule has 0 aliphatic rings. The maximum Gasteiger partial charge on any atom is 0.251 e. The van der Waals surface area contributed by atoms with Gasteiger partial charge < -0.3 is 10.1 Å². The summed E-state index contributed by atoms with van der Waals surface area (Å²) in [5.41, 5.74) is 2.73. The summed E-state index contributed by atoms with van der Waals surface area (Å²) in [6, 6.07) is 7.57. The number of benzene rings is 1. The largest absolute Gasteiger partial charge is 0.383 e. The molecular formula is C16H21N3O2. The highest BCUT2D eigenvalue weighted by Gasteiger charge is 2.12. The van der Waals surface area contributed by atoms with Crippen LogP contribution < -0.4 is 5.32 Å². The van der Waals surface area contributed by atoms with Crippen molar-refractivity contribution in [1.29, 1.82) is 0 Å². The Bertz CT molecular complexity index is 590. The standard InChI is InChI=1S/C16H21N3O2/c1-4-15(11-21-3)18-16(20)13-7-5-12(6-8-13)14-9-17-19(2)10-14/h5-10,15H,4,11H2,1-3H3,(H,18,20). The van der Waals surface area contributed by atoms with Crippen LogP contribution in [-0.2, 0) is 11.8 Å². The van der Waals surface area contributed by atoms with E-state index in [1.54, 1.807) is 18.0 Å². The van der Waals surface area contributed by atoms with Gasteiger partial charge in [-0.2, -0.15) is 5.10 Å². The van der Waals surface area contributed by atoms with Crippen molar-refractivity contribution < 1.29 is 9.53 Å². The van der Waals surface area contributed by atoms with E-state index >= 15 is 0 Å². The molecule has 21 heavy (non-hydrogen) atoms. The molecule has 0 saturated heterocycles. The molecule has 1 amide bonds. The quantitative estimate of drug-likeness (QED) is 0.886. The molecule has 0 aliphatic carbocycles. The van der Waals surface area contributed by atoms with Gasteiger partial charge in [-0.05, 0) is 24.1 Å². The van der Waals surface area contributed by atoms with Crippen molar-refractivity contribution in [3.63, 3.8) is 0 Å². The van der Waals surface area contributed by atoms with Crippen molar-refractivity contribution in [2.75, 3.05) is 13.7 Å². The van der Waals surface area contributed by atoms with E-state index in [2.05, 4.69) is 10.4 Å². The summed E-state index contributed by atoms with van der Waals surface area (Å²) in [6.07, 6.45) is 4.59. The summed E-state index contributed by atoms with van der Waals surface area (Å²) < 4.78 is 6.84. The normalized spacial score (nSPS) is 12.1. The lowest BCUT2D eigenvalue weighted by Gasteiger charge is -2.15. The van der Waals surface area contributed by atoms with Gasteiger partial charge in [-0.25, -0.2) is 0 Å². The molecule has 1 N–H and O–H groups in total. The SMILES string of the molecule is CCC(COC)NC(=O)c1ccc(-c2cnn(C)c2)cc1. The summed E-state index contributed by atoms with van der Waals surface area (Å²) in [6.45, 7) is 2.55. The lowest BCUT2D eigenvalue weighted by Crippen LogP contribution is -2.37. The number of aromatic nitrogens is 2. The summed E-state index contributed by atoms with van der Waals surface area (Å²) in [5.74, 6) is -0.0726. The Balaban J connectivity index is 2.06. The predicted octanol–water partition coefficient (Wildman–Crippen LogP) is 2.24. The zero-order chi connectivity index (χ0) is 15.2. The van der Waals surface area contributed by atoms with Gasteiger partial charge in [0.1, 0.15) is 0 Å². The van der Waals surface area contributed by atoms with Gasteiger partial charge in [-0.1, -0.05) is 19.1 Å². The second-order valence-electron chi connectivity index (χ2n) is 5.01. The highest BCUT2D eigenvalue weighted by atomic mass is 16.5. The fraction of sp³-hybridized carbons (Fsp3) is 0.375. The minimum Gasteiger partial charge on any atom is -0.383 e. The Morgan fingerprint density at radius 2 is 2.05 bits per heavy atom. The molecule has 1 heterocycles. The van der Waals surface area contributed by atoms with Crippen LogP contribution in [0, 0.1) is 0 Å². The maximum absolute atomic E-state index is 12.2. The van der Waals surface area contributed by atoms with Crippen LogP contribution in [0.15, 0.2) is 36.7 Å². The van der Waals surface area contributed by atoms with Gasteiger partial charge in [0.25, 0.3) is 5.91 Å². The van der Waals surface area contributed by atoms with E-state index in [4.69, 9.17) is 4.74 Å². The Hall–Kier alpha value is -2.14. The average Bonchev–Trinajstić information content (AvgIpc) is 2.93. The number of nitrogens with zero attached hydrogens (tertiary/aromatic N) is 2. The van der Waals surface area contributed by atoms with Crippen molar-refractivity contribution in [2.45, 2.75) is 19.4 Å². The monoisotopic (exact) mass is 287 g/mol.